The molecule has 0 saturated heterocycles. The topological polar surface area (TPSA) is 104 Å². The van der Waals surface area contributed by atoms with E-state index in [0.717, 1.165) is 19.3 Å². The first-order valence-corrected chi connectivity index (χ1v) is 14.3. The molecule has 35 heavy (non-hydrogen) atoms. The Hall–Kier alpha value is -0.0200. The third-order valence-electron chi connectivity index (χ3n) is 9.80. The van der Waals surface area contributed by atoms with Crippen molar-refractivity contribution in [1.29, 1.82) is 0 Å². The number of hydrogen-bond donors (Lipinski definition) is 1. The number of carbonyl (C=O) groups is 1. The molecule has 0 radical (unpaired) electrons. The number of aliphatic hydroxyl groups is 1. The van der Waals surface area contributed by atoms with Crippen molar-refractivity contribution in [3.8, 4) is 0 Å². The van der Waals surface area contributed by atoms with Crippen LogP contribution in [-0.4, -0.2) is 36.1 Å². The summed E-state index contributed by atoms with van der Waals surface area (Å²) in [5.41, 5.74) is 2.50. The van der Waals surface area contributed by atoms with Crippen LogP contribution in [-0.2, 0) is 19.4 Å². The molecule has 0 unspecified atom stereocenters. The Kier molecular flexibility index (Phi) is 8.97. The van der Waals surface area contributed by atoms with Crippen molar-refractivity contribution in [2.24, 2.45) is 40.4 Å². The molecule has 0 heterocycles. The van der Waals surface area contributed by atoms with E-state index in [0.29, 0.717) is 55.8 Å². The molecule has 3 fully saturated rings. The van der Waals surface area contributed by atoms with Crippen molar-refractivity contribution in [2.45, 2.75) is 98.2 Å². The molecule has 1 N–H and O–H groups in total. The van der Waals surface area contributed by atoms with E-state index in [4.69, 9.17) is 4.18 Å². The van der Waals surface area contributed by atoms with Crippen LogP contribution in [0.1, 0.15) is 86.0 Å². The second kappa shape index (κ2) is 10.6. The molecule has 0 aliphatic heterocycles. The summed E-state index contributed by atoms with van der Waals surface area (Å²) in [5, 5.41) is 11.2. The number of aliphatic hydroxyl groups excluding tert-OH is 1. The molecular weight excluding hydrogens is 475 g/mol. The van der Waals surface area contributed by atoms with Gasteiger partial charge < -0.3 is 9.66 Å². The van der Waals surface area contributed by atoms with E-state index in [1.165, 1.54) is 11.1 Å². The van der Waals surface area contributed by atoms with Gasteiger partial charge in [0.15, 0.2) is 5.78 Å². The zero-order valence-corrected chi connectivity index (χ0v) is 25.1. The molecule has 8 atom stereocenters. The summed E-state index contributed by atoms with van der Waals surface area (Å²) in [6.45, 7) is 10.9. The van der Waals surface area contributed by atoms with Gasteiger partial charge in [-0.25, -0.2) is 8.42 Å². The molecule has 4 aliphatic rings. The predicted octanol–water partition coefficient (Wildman–Crippen LogP) is 1.95. The first kappa shape index (κ1) is 29.5. The van der Waals surface area contributed by atoms with E-state index >= 15 is 0 Å². The Morgan fingerprint density at radius 2 is 1.91 bits per heavy atom. The SMILES string of the molecule is C/C(=C\C(=O)CC(C)C)[C@H]1CC[C@H]2[C@@H]3C[C@H](O)[C@H]4C[C@@H](OS(=O)(=O)[O-])CC[C@]4(C)C3=CC[C@]12C.[Na+]. The standard InChI is InChI=1S/C27H42O6S.Na/c1-16(2)12-18(28)13-17(3)21-6-7-22-20-15-25(29)24-14-19(33-34(30,31)32)8-10-27(24,5)23(20)9-11-26(21,22)4;/h9,13,16,19-22,24-25,29H,6-8,10-12,14-15H2,1-5H3,(H,30,31,32);/q;+1/p-1/b17-13+;/t19-,20-,21+,22-,24+,25-,26+,27+;/m0./s1. The molecular formula is C27H41NaO6S. The van der Waals surface area contributed by atoms with Crippen LogP contribution in [0.25, 0.3) is 0 Å². The summed E-state index contributed by atoms with van der Waals surface area (Å²) in [4.78, 5) is 12.5. The molecule has 0 bridgehead atoms. The largest absolute Gasteiger partial charge is 1.00 e. The molecule has 3 saturated carbocycles. The Morgan fingerprint density at radius 3 is 2.54 bits per heavy atom. The van der Waals surface area contributed by atoms with E-state index in [2.05, 4.69) is 40.7 Å². The van der Waals surface area contributed by atoms with Crippen LogP contribution < -0.4 is 29.6 Å². The van der Waals surface area contributed by atoms with Gasteiger partial charge in [-0.2, -0.15) is 0 Å². The van der Waals surface area contributed by atoms with E-state index in [9.17, 15) is 22.9 Å². The van der Waals surface area contributed by atoms with Gasteiger partial charge in [-0.05, 0) is 98.4 Å². The van der Waals surface area contributed by atoms with Crippen LogP contribution >= 0.6 is 0 Å². The molecule has 4 rings (SSSR count). The summed E-state index contributed by atoms with van der Waals surface area (Å²) in [6.07, 6.45) is 9.12. The summed E-state index contributed by atoms with van der Waals surface area (Å²) < 4.78 is 38.2. The van der Waals surface area contributed by atoms with E-state index in [1.807, 2.05) is 6.08 Å². The van der Waals surface area contributed by atoms with E-state index in [-0.39, 0.29) is 52.1 Å². The number of carbonyl (C=O) groups excluding carboxylic acids is 1. The molecule has 0 aromatic rings. The van der Waals surface area contributed by atoms with Gasteiger partial charge in [-0.15, -0.1) is 0 Å². The van der Waals surface area contributed by atoms with Crippen LogP contribution in [0.3, 0.4) is 0 Å². The van der Waals surface area contributed by atoms with Crippen LogP contribution in [0.5, 0.6) is 0 Å². The molecule has 4 aliphatic carbocycles. The van der Waals surface area contributed by atoms with Gasteiger partial charge in [-0.1, -0.05) is 44.9 Å². The monoisotopic (exact) mass is 516 g/mol. The van der Waals surface area contributed by atoms with E-state index < -0.39 is 22.6 Å². The molecule has 0 aromatic heterocycles. The Bertz CT molecular complexity index is 988. The number of rotatable bonds is 6. The maximum absolute atomic E-state index is 12.5. The third kappa shape index (κ3) is 5.71. The number of ketones is 1. The van der Waals surface area contributed by atoms with Crippen molar-refractivity contribution in [2.75, 3.05) is 0 Å². The van der Waals surface area contributed by atoms with E-state index in [1.54, 1.807) is 0 Å². The van der Waals surface area contributed by atoms with Crippen molar-refractivity contribution >= 4 is 16.2 Å². The maximum atomic E-state index is 12.5. The molecule has 8 heteroatoms. The van der Waals surface area contributed by atoms with Gasteiger partial charge >= 0.3 is 29.6 Å². The smallest absolute Gasteiger partial charge is 0.726 e. The zero-order chi connectivity index (χ0) is 25.1. The minimum Gasteiger partial charge on any atom is -0.726 e. The van der Waals surface area contributed by atoms with Gasteiger partial charge in [0.25, 0.3) is 0 Å². The first-order chi connectivity index (χ1) is 15.7. The van der Waals surface area contributed by atoms with Gasteiger partial charge in [0.1, 0.15) is 0 Å². The van der Waals surface area contributed by atoms with Gasteiger partial charge in [0.2, 0.25) is 10.4 Å². The van der Waals surface area contributed by atoms with Crippen LogP contribution in [0.15, 0.2) is 23.3 Å². The molecule has 0 amide bonds. The summed E-state index contributed by atoms with van der Waals surface area (Å²) >= 11 is 0. The normalized spacial score (nSPS) is 41.4. The van der Waals surface area contributed by atoms with Crippen molar-refractivity contribution < 1.29 is 56.6 Å². The van der Waals surface area contributed by atoms with Crippen molar-refractivity contribution in [3.63, 3.8) is 0 Å². The number of fused-ring (bicyclic) bond motifs is 5. The average Bonchev–Trinajstić information content (AvgIpc) is 3.05. The molecule has 0 aromatic carbocycles. The van der Waals surface area contributed by atoms with Crippen LogP contribution in [0, 0.1) is 40.4 Å². The minimum absolute atomic E-state index is 0. The van der Waals surface area contributed by atoms with Crippen molar-refractivity contribution in [1.82, 2.24) is 0 Å². The predicted molar refractivity (Wildman–Crippen MR) is 129 cm³/mol. The quantitative estimate of drug-likeness (QED) is 0.190. The Morgan fingerprint density at radius 1 is 1.23 bits per heavy atom. The summed E-state index contributed by atoms with van der Waals surface area (Å²) in [7, 11) is -4.75. The first-order valence-electron chi connectivity index (χ1n) is 13.0. The third-order valence-corrected chi connectivity index (χ3v) is 10.3. The molecule has 0 spiro atoms. The Labute approximate surface area is 233 Å². The maximum Gasteiger partial charge on any atom is 1.00 e. The second-order valence-electron chi connectivity index (χ2n) is 12.4. The fourth-order valence-corrected chi connectivity index (χ4v) is 8.86. The fraction of sp³-hybridized carbons (Fsp3) is 0.815. The zero-order valence-electron chi connectivity index (χ0n) is 22.2. The molecule has 6 nitrogen and oxygen atoms in total. The second-order valence-corrected chi connectivity index (χ2v) is 13.4. The van der Waals surface area contributed by atoms with Gasteiger partial charge in [-0.3, -0.25) is 8.98 Å². The van der Waals surface area contributed by atoms with Crippen molar-refractivity contribution in [3.05, 3.63) is 23.3 Å². The van der Waals surface area contributed by atoms with Crippen LogP contribution in [0.4, 0.5) is 0 Å². The number of allylic oxidation sites excluding steroid dienone is 4. The Balaban J connectivity index is 0.00000342. The average molecular weight is 517 g/mol. The fourth-order valence-electron chi connectivity index (χ4n) is 8.35. The van der Waals surface area contributed by atoms with Crippen LogP contribution in [0.2, 0.25) is 0 Å². The number of hydrogen-bond acceptors (Lipinski definition) is 6. The summed E-state index contributed by atoms with van der Waals surface area (Å²) in [6, 6.07) is 0. The summed E-state index contributed by atoms with van der Waals surface area (Å²) in [5.74, 6) is 1.61. The minimum atomic E-state index is -4.75. The van der Waals surface area contributed by atoms with Gasteiger partial charge in [0.05, 0.1) is 12.2 Å². The van der Waals surface area contributed by atoms with Gasteiger partial charge in [0, 0.05) is 6.42 Å². The molecule has 192 valence electrons.